The molecule has 0 atom stereocenters. The highest BCUT2D eigenvalue weighted by atomic mass is 32.2. The number of benzene rings is 1. The molecule has 0 N–H and O–H groups in total. The van der Waals surface area contributed by atoms with Crippen molar-refractivity contribution >= 4 is 28.7 Å². The summed E-state index contributed by atoms with van der Waals surface area (Å²) in [5, 5.41) is 0.711. The van der Waals surface area contributed by atoms with E-state index in [4.69, 9.17) is 9.97 Å². The van der Waals surface area contributed by atoms with E-state index in [1.807, 2.05) is 30.3 Å². The number of anilines is 1. The molecule has 0 amide bonds. The molecule has 0 radical (unpaired) electrons. The zero-order valence-corrected chi connectivity index (χ0v) is 17.7. The van der Waals surface area contributed by atoms with Crippen LogP contribution < -0.4 is 10.5 Å². The van der Waals surface area contributed by atoms with Gasteiger partial charge in [0.25, 0.3) is 5.56 Å². The van der Waals surface area contributed by atoms with Gasteiger partial charge in [0.1, 0.15) is 5.52 Å². The number of nitrogens with zero attached hydrogens (tertiary/aromatic N) is 6. The van der Waals surface area contributed by atoms with Gasteiger partial charge in [-0.15, -0.1) is 0 Å². The lowest BCUT2D eigenvalue weighted by atomic mass is 10.2. The topological polar surface area (TPSA) is 67.2 Å². The lowest BCUT2D eigenvalue weighted by molar-refractivity contribution is 0.312. The summed E-state index contributed by atoms with van der Waals surface area (Å²) in [6.45, 7) is 6.34. The molecule has 29 heavy (non-hydrogen) atoms. The van der Waals surface area contributed by atoms with Crippen molar-refractivity contribution in [3.8, 4) is 0 Å². The third kappa shape index (κ3) is 4.43. The molecule has 0 bridgehead atoms. The minimum Gasteiger partial charge on any atom is -0.352 e. The predicted molar refractivity (Wildman–Crippen MR) is 118 cm³/mol. The summed E-state index contributed by atoms with van der Waals surface area (Å²) < 4.78 is 1.72. The fourth-order valence-corrected chi connectivity index (χ4v) is 4.11. The lowest BCUT2D eigenvalue weighted by Gasteiger charge is -2.33. The predicted octanol–water partition coefficient (Wildman–Crippen LogP) is 2.49. The van der Waals surface area contributed by atoms with Crippen LogP contribution in [0.5, 0.6) is 0 Å². The van der Waals surface area contributed by atoms with E-state index >= 15 is 0 Å². The van der Waals surface area contributed by atoms with Crippen molar-refractivity contribution in [2.45, 2.75) is 25.0 Å². The zero-order chi connectivity index (χ0) is 20.2. The SMILES string of the molecule is CCCSc1nc(N2CCN(C)CC2)c2ncc(=O)n(Cc3ccccc3)c2n1. The van der Waals surface area contributed by atoms with Crippen LogP contribution >= 0.6 is 11.8 Å². The molecular weight excluding hydrogens is 384 g/mol. The van der Waals surface area contributed by atoms with Gasteiger partial charge in [-0.05, 0) is 19.0 Å². The Hall–Kier alpha value is -2.45. The van der Waals surface area contributed by atoms with Crippen molar-refractivity contribution < 1.29 is 0 Å². The smallest absolute Gasteiger partial charge is 0.270 e. The second kappa shape index (κ2) is 8.92. The van der Waals surface area contributed by atoms with Crippen LogP contribution in [0.2, 0.25) is 0 Å². The maximum absolute atomic E-state index is 12.7. The molecule has 1 fully saturated rings. The molecule has 1 saturated heterocycles. The van der Waals surface area contributed by atoms with Gasteiger partial charge in [0.05, 0.1) is 12.7 Å². The Bertz CT molecular complexity index is 1030. The van der Waals surface area contributed by atoms with E-state index in [1.54, 1.807) is 16.3 Å². The van der Waals surface area contributed by atoms with Crippen LogP contribution in [-0.4, -0.2) is 63.4 Å². The van der Waals surface area contributed by atoms with Crippen molar-refractivity contribution in [2.24, 2.45) is 0 Å². The largest absolute Gasteiger partial charge is 0.352 e. The molecular formula is C21H26N6OS. The highest BCUT2D eigenvalue weighted by Crippen LogP contribution is 2.26. The van der Waals surface area contributed by atoms with Gasteiger partial charge in [-0.1, -0.05) is 49.0 Å². The highest BCUT2D eigenvalue weighted by Gasteiger charge is 2.22. The average Bonchev–Trinajstić information content (AvgIpc) is 2.75. The Kier molecular flexibility index (Phi) is 6.10. The summed E-state index contributed by atoms with van der Waals surface area (Å²) in [6.07, 6.45) is 2.44. The van der Waals surface area contributed by atoms with E-state index in [9.17, 15) is 4.79 Å². The summed E-state index contributed by atoms with van der Waals surface area (Å²) in [7, 11) is 2.13. The fourth-order valence-electron chi connectivity index (χ4n) is 3.43. The first kappa shape index (κ1) is 19.8. The number of hydrogen-bond donors (Lipinski definition) is 0. The summed E-state index contributed by atoms with van der Waals surface area (Å²) in [6, 6.07) is 9.99. The van der Waals surface area contributed by atoms with E-state index < -0.39 is 0 Å². The molecule has 0 aliphatic carbocycles. The number of aromatic nitrogens is 4. The van der Waals surface area contributed by atoms with Gasteiger partial charge in [0, 0.05) is 31.9 Å². The van der Waals surface area contributed by atoms with Gasteiger partial charge in [-0.2, -0.15) is 0 Å². The first-order chi connectivity index (χ1) is 14.2. The summed E-state index contributed by atoms with van der Waals surface area (Å²) in [5.41, 5.74) is 2.23. The molecule has 152 valence electrons. The molecule has 2 aromatic heterocycles. The molecule has 7 nitrogen and oxygen atoms in total. The van der Waals surface area contributed by atoms with E-state index in [0.29, 0.717) is 22.9 Å². The standard InChI is InChI=1S/C21H26N6OS/c1-3-13-29-21-23-19(26-11-9-25(2)10-12-26)18-20(24-21)27(17(28)14-22-18)15-16-7-5-4-6-8-16/h4-8,14H,3,9-13,15H2,1-2H3. The van der Waals surface area contributed by atoms with Crippen LogP contribution in [0.1, 0.15) is 18.9 Å². The second-order valence-electron chi connectivity index (χ2n) is 7.31. The van der Waals surface area contributed by atoms with Crippen LogP contribution in [0.3, 0.4) is 0 Å². The van der Waals surface area contributed by atoms with Crippen molar-refractivity contribution in [3.05, 3.63) is 52.4 Å². The van der Waals surface area contributed by atoms with Gasteiger partial charge in [0.2, 0.25) is 0 Å². The fraction of sp³-hybridized carbons (Fsp3) is 0.429. The van der Waals surface area contributed by atoms with Crippen molar-refractivity contribution in [2.75, 3.05) is 43.9 Å². The number of rotatable bonds is 6. The Morgan fingerprint density at radius 2 is 1.83 bits per heavy atom. The highest BCUT2D eigenvalue weighted by molar-refractivity contribution is 7.99. The summed E-state index contributed by atoms with van der Waals surface area (Å²) in [4.78, 5) is 31.4. The molecule has 0 unspecified atom stereocenters. The van der Waals surface area contributed by atoms with Crippen LogP contribution in [0.15, 0.2) is 46.5 Å². The van der Waals surface area contributed by atoms with Gasteiger partial charge in [-0.3, -0.25) is 9.36 Å². The van der Waals surface area contributed by atoms with Crippen molar-refractivity contribution in [1.82, 2.24) is 24.4 Å². The van der Waals surface area contributed by atoms with E-state index in [2.05, 4.69) is 28.8 Å². The maximum atomic E-state index is 12.7. The number of piperazine rings is 1. The van der Waals surface area contributed by atoms with Crippen LogP contribution in [0, 0.1) is 0 Å². The molecule has 3 heterocycles. The van der Waals surface area contributed by atoms with Gasteiger partial charge in [0.15, 0.2) is 16.6 Å². The van der Waals surface area contributed by atoms with Crippen LogP contribution in [0.4, 0.5) is 5.82 Å². The zero-order valence-electron chi connectivity index (χ0n) is 16.9. The van der Waals surface area contributed by atoms with E-state index in [0.717, 1.165) is 49.7 Å². The lowest BCUT2D eigenvalue weighted by Crippen LogP contribution is -2.45. The van der Waals surface area contributed by atoms with Crippen molar-refractivity contribution in [1.29, 1.82) is 0 Å². The monoisotopic (exact) mass is 410 g/mol. The average molecular weight is 411 g/mol. The molecule has 0 spiro atoms. The normalized spacial score (nSPS) is 15.2. The van der Waals surface area contributed by atoms with Gasteiger partial charge in [-0.25, -0.2) is 15.0 Å². The van der Waals surface area contributed by atoms with Gasteiger partial charge >= 0.3 is 0 Å². The molecule has 4 rings (SSSR count). The second-order valence-corrected chi connectivity index (χ2v) is 8.37. The number of thioether (sulfide) groups is 1. The van der Waals surface area contributed by atoms with Gasteiger partial charge < -0.3 is 9.80 Å². The summed E-state index contributed by atoms with van der Waals surface area (Å²) >= 11 is 1.63. The number of hydrogen-bond acceptors (Lipinski definition) is 7. The number of likely N-dealkylation sites (N-methyl/N-ethyl adjacent to an activating group) is 1. The minimum absolute atomic E-state index is 0.143. The maximum Gasteiger partial charge on any atom is 0.270 e. The quantitative estimate of drug-likeness (QED) is 0.457. The first-order valence-electron chi connectivity index (χ1n) is 10.0. The van der Waals surface area contributed by atoms with Crippen LogP contribution in [0.25, 0.3) is 11.2 Å². The van der Waals surface area contributed by atoms with E-state index in [1.165, 1.54) is 6.20 Å². The van der Waals surface area contributed by atoms with Crippen molar-refractivity contribution in [3.63, 3.8) is 0 Å². The Morgan fingerprint density at radius 3 is 2.55 bits per heavy atom. The third-order valence-corrected chi connectivity index (χ3v) is 6.13. The molecule has 1 aliphatic rings. The molecule has 3 aromatic rings. The molecule has 8 heteroatoms. The Labute approximate surface area is 174 Å². The molecule has 1 aromatic carbocycles. The molecule has 0 saturated carbocycles. The van der Waals surface area contributed by atoms with Crippen LogP contribution in [-0.2, 0) is 6.54 Å². The van der Waals surface area contributed by atoms with E-state index in [-0.39, 0.29) is 5.56 Å². The third-order valence-electron chi connectivity index (χ3n) is 5.07. The number of fused-ring (bicyclic) bond motifs is 1. The Morgan fingerprint density at radius 1 is 1.07 bits per heavy atom. The first-order valence-corrected chi connectivity index (χ1v) is 11.0. The Balaban J connectivity index is 1.83. The molecule has 1 aliphatic heterocycles. The minimum atomic E-state index is -0.143. The summed E-state index contributed by atoms with van der Waals surface area (Å²) in [5.74, 6) is 1.78.